The first kappa shape index (κ1) is 24.3. The number of benzene rings is 3. The first-order chi connectivity index (χ1) is 17.4. The van der Waals surface area contributed by atoms with Crippen molar-refractivity contribution in [2.75, 3.05) is 12.4 Å². The van der Waals surface area contributed by atoms with Crippen LogP contribution in [0.5, 0.6) is 5.75 Å². The monoisotopic (exact) mass is 482 g/mol. The molecule has 36 heavy (non-hydrogen) atoms. The highest BCUT2D eigenvalue weighted by molar-refractivity contribution is 6.11. The van der Waals surface area contributed by atoms with E-state index in [1.54, 1.807) is 85.4 Å². The molecule has 2 N–H and O–H groups in total. The largest absolute Gasteiger partial charge is 0.496 e. The Labute approximate surface area is 208 Å². The summed E-state index contributed by atoms with van der Waals surface area (Å²) in [6, 6.07) is 24.8. The molecule has 0 saturated heterocycles. The van der Waals surface area contributed by atoms with Crippen molar-refractivity contribution in [3.63, 3.8) is 0 Å². The third-order valence-electron chi connectivity index (χ3n) is 5.76. The summed E-state index contributed by atoms with van der Waals surface area (Å²) in [5.74, 6) is -0.575. The highest BCUT2D eigenvalue weighted by Gasteiger charge is 2.21. The van der Waals surface area contributed by atoms with E-state index in [0.717, 1.165) is 0 Å². The number of hydrogen-bond acceptors (Lipinski definition) is 4. The SMILES string of the molecule is COc1ccccc1/C=C(/NC(=O)c1ccccc1)C(=O)Nc1c(C)n(C)n(-c2ccccc2)c1=O. The van der Waals surface area contributed by atoms with Crippen LogP contribution < -0.4 is 20.9 Å². The van der Waals surface area contributed by atoms with Gasteiger partial charge in [0.15, 0.2) is 0 Å². The quantitative estimate of drug-likeness (QED) is 0.391. The minimum Gasteiger partial charge on any atom is -0.496 e. The molecule has 0 saturated carbocycles. The Morgan fingerprint density at radius 3 is 2.17 bits per heavy atom. The van der Waals surface area contributed by atoms with Gasteiger partial charge in [-0.25, -0.2) is 4.68 Å². The number of carbonyl (C=O) groups is 2. The molecule has 8 nitrogen and oxygen atoms in total. The van der Waals surface area contributed by atoms with Crippen molar-refractivity contribution < 1.29 is 14.3 Å². The standard InChI is InChI=1S/C28H26N4O4/c1-19-25(28(35)32(31(19)2)22-15-8-5-9-16-22)30-27(34)23(18-21-14-10-11-17-24(21)36-3)29-26(33)20-12-6-4-7-13-20/h4-18H,1-3H3,(H,29,33)(H,30,34)/b23-18+. The van der Waals surface area contributed by atoms with Gasteiger partial charge in [-0.1, -0.05) is 54.6 Å². The van der Waals surface area contributed by atoms with Gasteiger partial charge < -0.3 is 15.4 Å². The van der Waals surface area contributed by atoms with E-state index in [2.05, 4.69) is 10.6 Å². The number of hydrogen-bond donors (Lipinski definition) is 2. The summed E-state index contributed by atoms with van der Waals surface area (Å²) >= 11 is 0. The number of carbonyl (C=O) groups excluding carboxylic acids is 2. The van der Waals surface area contributed by atoms with Gasteiger partial charge in [0.05, 0.1) is 18.5 Å². The van der Waals surface area contributed by atoms with Gasteiger partial charge >= 0.3 is 0 Å². The van der Waals surface area contributed by atoms with Crippen molar-refractivity contribution in [1.29, 1.82) is 0 Å². The normalized spacial score (nSPS) is 11.1. The maximum atomic E-state index is 13.5. The Balaban J connectivity index is 1.72. The fourth-order valence-corrected chi connectivity index (χ4v) is 3.78. The Bertz CT molecular complexity index is 1490. The van der Waals surface area contributed by atoms with E-state index in [1.807, 2.05) is 18.2 Å². The van der Waals surface area contributed by atoms with E-state index in [0.29, 0.717) is 28.3 Å². The second kappa shape index (κ2) is 10.6. The minimum atomic E-state index is -0.642. The van der Waals surface area contributed by atoms with Gasteiger partial charge in [0.25, 0.3) is 17.4 Å². The van der Waals surface area contributed by atoms with Crippen LogP contribution in [-0.2, 0) is 11.8 Å². The lowest BCUT2D eigenvalue weighted by molar-refractivity contribution is -0.113. The molecule has 0 spiro atoms. The first-order valence-electron chi connectivity index (χ1n) is 11.3. The van der Waals surface area contributed by atoms with Crippen LogP contribution in [0.1, 0.15) is 21.6 Å². The summed E-state index contributed by atoms with van der Waals surface area (Å²) in [7, 11) is 3.26. The van der Waals surface area contributed by atoms with Gasteiger partial charge in [-0.05, 0) is 43.3 Å². The van der Waals surface area contributed by atoms with Crippen LogP contribution in [-0.4, -0.2) is 28.3 Å². The molecule has 1 aromatic heterocycles. The predicted octanol–water partition coefficient (Wildman–Crippen LogP) is 3.90. The van der Waals surface area contributed by atoms with Gasteiger partial charge in [0.2, 0.25) is 0 Å². The zero-order valence-corrected chi connectivity index (χ0v) is 20.2. The van der Waals surface area contributed by atoms with E-state index >= 15 is 0 Å². The lowest BCUT2D eigenvalue weighted by atomic mass is 10.1. The summed E-state index contributed by atoms with van der Waals surface area (Å²) < 4.78 is 8.53. The van der Waals surface area contributed by atoms with Crippen LogP contribution >= 0.6 is 0 Å². The molecule has 182 valence electrons. The molecule has 0 fully saturated rings. The third kappa shape index (κ3) is 4.97. The minimum absolute atomic E-state index is 0.0396. The van der Waals surface area contributed by atoms with Gasteiger partial charge in [-0.2, -0.15) is 0 Å². The number of rotatable bonds is 7. The number of aromatic nitrogens is 2. The molecule has 0 radical (unpaired) electrons. The highest BCUT2D eigenvalue weighted by Crippen LogP contribution is 2.21. The number of nitrogens with zero attached hydrogens (tertiary/aromatic N) is 2. The summed E-state index contributed by atoms with van der Waals surface area (Å²) in [6.07, 6.45) is 1.52. The Morgan fingerprint density at radius 2 is 1.50 bits per heavy atom. The van der Waals surface area contributed by atoms with E-state index in [4.69, 9.17) is 4.74 Å². The zero-order valence-electron chi connectivity index (χ0n) is 20.2. The fraction of sp³-hybridized carbons (Fsp3) is 0.107. The van der Waals surface area contributed by atoms with Crippen LogP contribution in [0, 0.1) is 6.92 Å². The lowest BCUT2D eigenvalue weighted by Gasteiger charge is -2.12. The molecule has 0 bridgehead atoms. The molecular formula is C28H26N4O4. The molecule has 0 aliphatic heterocycles. The maximum Gasteiger partial charge on any atom is 0.295 e. The van der Waals surface area contributed by atoms with Crippen molar-refractivity contribution in [2.45, 2.75) is 6.92 Å². The maximum absolute atomic E-state index is 13.5. The Hall–Kier alpha value is -4.85. The summed E-state index contributed by atoms with van der Waals surface area (Å²) in [5, 5.41) is 5.39. The van der Waals surface area contributed by atoms with Gasteiger partial charge in [0.1, 0.15) is 17.1 Å². The Kier molecular flexibility index (Phi) is 7.15. The molecule has 3 aromatic carbocycles. The van der Waals surface area contributed by atoms with E-state index in [-0.39, 0.29) is 16.9 Å². The van der Waals surface area contributed by atoms with Crippen LogP contribution in [0.3, 0.4) is 0 Å². The van der Waals surface area contributed by atoms with E-state index in [1.165, 1.54) is 17.9 Å². The molecule has 1 heterocycles. The van der Waals surface area contributed by atoms with Crippen molar-refractivity contribution in [2.24, 2.45) is 7.05 Å². The number of ether oxygens (including phenoxy) is 1. The molecule has 4 aromatic rings. The van der Waals surface area contributed by atoms with E-state index < -0.39 is 11.8 Å². The highest BCUT2D eigenvalue weighted by atomic mass is 16.5. The molecule has 0 unspecified atom stereocenters. The van der Waals surface area contributed by atoms with Crippen molar-refractivity contribution in [3.05, 3.63) is 118 Å². The second-order valence-corrected chi connectivity index (χ2v) is 8.01. The van der Waals surface area contributed by atoms with Crippen LogP contribution in [0.25, 0.3) is 11.8 Å². The fourth-order valence-electron chi connectivity index (χ4n) is 3.78. The van der Waals surface area contributed by atoms with E-state index in [9.17, 15) is 14.4 Å². The summed E-state index contributed by atoms with van der Waals surface area (Å²) in [6.45, 7) is 1.74. The molecule has 2 amide bonds. The number of amides is 2. The number of methoxy groups -OCH3 is 1. The predicted molar refractivity (Wildman–Crippen MR) is 139 cm³/mol. The van der Waals surface area contributed by atoms with Crippen molar-refractivity contribution in [3.8, 4) is 11.4 Å². The van der Waals surface area contributed by atoms with Crippen LogP contribution in [0.2, 0.25) is 0 Å². The van der Waals surface area contributed by atoms with Crippen molar-refractivity contribution in [1.82, 2.24) is 14.7 Å². The number of para-hydroxylation sites is 2. The first-order valence-corrected chi connectivity index (χ1v) is 11.3. The summed E-state index contributed by atoms with van der Waals surface area (Å²) in [4.78, 5) is 39.6. The average Bonchev–Trinajstić information content (AvgIpc) is 3.12. The molecule has 0 aliphatic carbocycles. The average molecular weight is 483 g/mol. The smallest absolute Gasteiger partial charge is 0.295 e. The number of nitrogens with one attached hydrogen (secondary N) is 2. The molecule has 4 rings (SSSR count). The summed E-state index contributed by atoms with van der Waals surface area (Å²) in [5.41, 5.74) is 1.89. The third-order valence-corrected chi connectivity index (χ3v) is 5.76. The molecule has 8 heteroatoms. The zero-order chi connectivity index (χ0) is 25.7. The van der Waals surface area contributed by atoms with Gasteiger partial charge in [0, 0.05) is 18.2 Å². The second-order valence-electron chi connectivity index (χ2n) is 8.01. The molecule has 0 aliphatic rings. The molecular weight excluding hydrogens is 456 g/mol. The Morgan fingerprint density at radius 1 is 0.889 bits per heavy atom. The van der Waals surface area contributed by atoms with Gasteiger partial charge in [-0.3, -0.25) is 19.1 Å². The van der Waals surface area contributed by atoms with Gasteiger partial charge in [-0.15, -0.1) is 0 Å². The van der Waals surface area contributed by atoms with Crippen LogP contribution in [0.15, 0.2) is 95.4 Å². The topological polar surface area (TPSA) is 94.4 Å². The van der Waals surface area contributed by atoms with Crippen molar-refractivity contribution >= 4 is 23.6 Å². The van der Waals surface area contributed by atoms with Crippen LogP contribution in [0.4, 0.5) is 5.69 Å². The lowest BCUT2D eigenvalue weighted by Crippen LogP contribution is -2.32. The molecule has 0 atom stereocenters. The number of anilines is 1.